The van der Waals surface area contributed by atoms with Gasteiger partial charge in [-0.05, 0) is 16.0 Å². The summed E-state index contributed by atoms with van der Waals surface area (Å²) in [6.45, 7) is 0.617. The average Bonchev–Trinajstić information content (AvgIpc) is 2.72. The molecule has 0 saturated carbocycles. The Morgan fingerprint density at radius 2 is 2.07 bits per heavy atom. The van der Waals surface area contributed by atoms with Crippen molar-refractivity contribution in [1.29, 1.82) is 0 Å². The number of aromatic nitrogens is 4. The van der Waals surface area contributed by atoms with Gasteiger partial charge in [0.15, 0.2) is 0 Å². The lowest BCUT2D eigenvalue weighted by Crippen LogP contribution is -2.00. The van der Waals surface area contributed by atoms with Crippen LogP contribution in [0.4, 0.5) is 0 Å². The van der Waals surface area contributed by atoms with Crippen molar-refractivity contribution in [1.82, 2.24) is 20.2 Å². The molecule has 1 aromatic heterocycles. The molecule has 0 aliphatic rings. The quantitative estimate of drug-likeness (QED) is 0.659. The average molecular weight is 188 g/mol. The number of carbonyl (C=O) groups is 1. The lowest BCUT2D eigenvalue weighted by Gasteiger charge is -1.99. The van der Waals surface area contributed by atoms with Crippen LogP contribution in [0.2, 0.25) is 0 Å². The van der Waals surface area contributed by atoms with Crippen molar-refractivity contribution in [2.75, 3.05) is 0 Å². The number of rotatable bonds is 3. The van der Waals surface area contributed by atoms with E-state index in [4.69, 9.17) is 0 Å². The van der Waals surface area contributed by atoms with Gasteiger partial charge in [0.25, 0.3) is 0 Å². The first-order chi connectivity index (χ1) is 6.88. The fourth-order valence-corrected chi connectivity index (χ4v) is 1.14. The predicted octanol–water partition coefficient (Wildman–Crippen LogP) is 0.534. The first-order valence-electron chi connectivity index (χ1n) is 4.13. The number of carbonyl (C=O) groups excluding carboxylic acids is 1. The SMILES string of the molecule is O=Cc1ccc(Cn2cnnn2)cc1. The van der Waals surface area contributed by atoms with E-state index in [1.54, 1.807) is 23.1 Å². The number of benzene rings is 1. The molecule has 0 bridgehead atoms. The molecule has 0 atom stereocenters. The van der Waals surface area contributed by atoms with Gasteiger partial charge in [0.05, 0.1) is 6.54 Å². The Morgan fingerprint density at radius 3 is 2.64 bits per heavy atom. The van der Waals surface area contributed by atoms with Crippen LogP contribution in [0.1, 0.15) is 15.9 Å². The summed E-state index contributed by atoms with van der Waals surface area (Å²) in [7, 11) is 0. The minimum Gasteiger partial charge on any atom is -0.298 e. The molecule has 0 amide bonds. The van der Waals surface area contributed by atoms with E-state index in [2.05, 4.69) is 15.5 Å². The van der Waals surface area contributed by atoms with Crippen molar-refractivity contribution < 1.29 is 4.79 Å². The number of aldehydes is 1. The summed E-state index contributed by atoms with van der Waals surface area (Å²) in [5.41, 5.74) is 1.73. The van der Waals surface area contributed by atoms with Crippen molar-refractivity contribution in [3.63, 3.8) is 0 Å². The van der Waals surface area contributed by atoms with Gasteiger partial charge in [-0.25, -0.2) is 4.68 Å². The molecule has 0 saturated heterocycles. The maximum Gasteiger partial charge on any atom is 0.150 e. The van der Waals surface area contributed by atoms with Crippen LogP contribution in [-0.4, -0.2) is 26.5 Å². The summed E-state index contributed by atoms with van der Waals surface area (Å²) in [5.74, 6) is 0. The van der Waals surface area contributed by atoms with Gasteiger partial charge < -0.3 is 0 Å². The van der Waals surface area contributed by atoms with E-state index in [1.807, 2.05) is 12.1 Å². The Kier molecular flexibility index (Phi) is 2.31. The molecule has 0 aliphatic carbocycles. The van der Waals surface area contributed by atoms with Gasteiger partial charge in [0.1, 0.15) is 12.6 Å². The Balaban J connectivity index is 2.14. The van der Waals surface area contributed by atoms with E-state index in [9.17, 15) is 4.79 Å². The Hall–Kier alpha value is -2.04. The van der Waals surface area contributed by atoms with E-state index >= 15 is 0 Å². The summed E-state index contributed by atoms with van der Waals surface area (Å²) in [5, 5.41) is 10.8. The van der Waals surface area contributed by atoms with Gasteiger partial charge in [-0.3, -0.25) is 4.79 Å². The predicted molar refractivity (Wildman–Crippen MR) is 48.7 cm³/mol. The van der Waals surface area contributed by atoms with Gasteiger partial charge in [-0.1, -0.05) is 24.3 Å². The van der Waals surface area contributed by atoms with Crippen LogP contribution in [0.5, 0.6) is 0 Å². The molecule has 0 aliphatic heterocycles. The second kappa shape index (κ2) is 3.78. The molecule has 0 radical (unpaired) electrons. The summed E-state index contributed by atoms with van der Waals surface area (Å²) >= 11 is 0. The Labute approximate surface area is 80.4 Å². The van der Waals surface area contributed by atoms with Gasteiger partial charge in [-0.2, -0.15) is 0 Å². The molecule has 2 aromatic rings. The van der Waals surface area contributed by atoms with Crippen LogP contribution >= 0.6 is 0 Å². The van der Waals surface area contributed by atoms with Gasteiger partial charge in [-0.15, -0.1) is 5.10 Å². The summed E-state index contributed by atoms with van der Waals surface area (Å²) in [4.78, 5) is 10.4. The maximum atomic E-state index is 10.4. The van der Waals surface area contributed by atoms with Crippen LogP contribution in [0.3, 0.4) is 0 Å². The van der Waals surface area contributed by atoms with Gasteiger partial charge in [0, 0.05) is 5.56 Å². The molecule has 0 spiro atoms. The number of hydrogen-bond acceptors (Lipinski definition) is 4. The fraction of sp³-hybridized carbons (Fsp3) is 0.111. The standard InChI is InChI=1S/C9H8N4O/c14-6-9-3-1-8(2-4-9)5-13-7-10-11-12-13/h1-4,6-7H,5H2. The smallest absolute Gasteiger partial charge is 0.150 e. The third kappa shape index (κ3) is 1.82. The monoisotopic (exact) mass is 188 g/mol. The molecule has 0 N–H and O–H groups in total. The Morgan fingerprint density at radius 1 is 1.29 bits per heavy atom. The van der Waals surface area contributed by atoms with Crippen molar-refractivity contribution >= 4 is 6.29 Å². The fourth-order valence-electron chi connectivity index (χ4n) is 1.14. The van der Waals surface area contributed by atoms with Crippen molar-refractivity contribution in [3.05, 3.63) is 41.7 Å². The highest BCUT2D eigenvalue weighted by Gasteiger charge is 1.96. The lowest BCUT2D eigenvalue weighted by molar-refractivity contribution is 0.112. The number of hydrogen-bond donors (Lipinski definition) is 0. The molecular weight excluding hydrogens is 180 g/mol. The molecule has 14 heavy (non-hydrogen) atoms. The van der Waals surface area contributed by atoms with E-state index < -0.39 is 0 Å². The summed E-state index contributed by atoms with van der Waals surface area (Å²) in [6, 6.07) is 7.30. The van der Waals surface area contributed by atoms with Gasteiger partial charge in [0.2, 0.25) is 0 Å². The molecule has 5 nitrogen and oxygen atoms in total. The highest BCUT2D eigenvalue weighted by molar-refractivity contribution is 5.74. The molecule has 1 heterocycles. The zero-order chi connectivity index (χ0) is 9.80. The molecule has 2 rings (SSSR count). The summed E-state index contributed by atoms with van der Waals surface area (Å²) in [6.07, 6.45) is 2.37. The van der Waals surface area contributed by atoms with Crippen molar-refractivity contribution in [2.45, 2.75) is 6.54 Å². The van der Waals surface area contributed by atoms with Crippen molar-refractivity contribution in [2.24, 2.45) is 0 Å². The third-order valence-corrected chi connectivity index (χ3v) is 1.85. The van der Waals surface area contributed by atoms with E-state index in [1.165, 1.54) is 0 Å². The second-order valence-electron chi connectivity index (χ2n) is 2.87. The number of nitrogens with zero attached hydrogens (tertiary/aromatic N) is 4. The van der Waals surface area contributed by atoms with Crippen LogP contribution in [0.15, 0.2) is 30.6 Å². The van der Waals surface area contributed by atoms with Crippen molar-refractivity contribution in [3.8, 4) is 0 Å². The van der Waals surface area contributed by atoms with Crippen LogP contribution in [0.25, 0.3) is 0 Å². The molecule has 70 valence electrons. The largest absolute Gasteiger partial charge is 0.298 e. The van der Waals surface area contributed by atoms with Crippen LogP contribution in [0, 0.1) is 0 Å². The van der Waals surface area contributed by atoms with E-state index in [0.717, 1.165) is 11.8 Å². The Bertz CT molecular complexity index is 407. The zero-order valence-electron chi connectivity index (χ0n) is 7.37. The zero-order valence-corrected chi connectivity index (χ0v) is 7.37. The minimum absolute atomic E-state index is 0.617. The number of tetrazole rings is 1. The summed E-state index contributed by atoms with van der Waals surface area (Å²) < 4.78 is 1.62. The minimum atomic E-state index is 0.617. The normalized spacial score (nSPS) is 10.0. The topological polar surface area (TPSA) is 60.7 Å². The molecular formula is C9H8N4O. The molecule has 1 aromatic carbocycles. The third-order valence-electron chi connectivity index (χ3n) is 1.85. The van der Waals surface area contributed by atoms with Crippen LogP contribution < -0.4 is 0 Å². The molecule has 0 unspecified atom stereocenters. The van der Waals surface area contributed by atoms with E-state index in [-0.39, 0.29) is 0 Å². The highest BCUT2D eigenvalue weighted by atomic mass is 16.1. The van der Waals surface area contributed by atoms with Crippen LogP contribution in [-0.2, 0) is 6.54 Å². The first kappa shape index (κ1) is 8.55. The second-order valence-corrected chi connectivity index (χ2v) is 2.87. The maximum absolute atomic E-state index is 10.4. The molecule has 0 fully saturated rings. The highest BCUT2D eigenvalue weighted by Crippen LogP contribution is 2.03. The van der Waals surface area contributed by atoms with Gasteiger partial charge >= 0.3 is 0 Å². The van der Waals surface area contributed by atoms with E-state index in [0.29, 0.717) is 12.1 Å². The molecule has 5 heteroatoms. The first-order valence-corrected chi connectivity index (χ1v) is 4.13. The lowest BCUT2D eigenvalue weighted by atomic mass is 10.1.